The molecule has 0 spiro atoms. The van der Waals surface area contributed by atoms with E-state index < -0.39 is 0 Å². The molecule has 0 aliphatic carbocycles. The van der Waals surface area contributed by atoms with E-state index in [0.717, 1.165) is 5.56 Å². The molecule has 0 aliphatic rings. The molecular formula is C15H19N5O4. The molecule has 0 aromatic carbocycles. The number of hydrogen-bond donors (Lipinski definition) is 2. The smallest absolute Gasteiger partial charge is 0.239 e. The van der Waals surface area contributed by atoms with E-state index in [-0.39, 0.29) is 24.8 Å². The maximum Gasteiger partial charge on any atom is 0.239 e. The van der Waals surface area contributed by atoms with Gasteiger partial charge in [0.15, 0.2) is 0 Å². The van der Waals surface area contributed by atoms with Crippen LogP contribution in [-0.2, 0) is 20.7 Å². The first-order chi connectivity index (χ1) is 11.7. The van der Waals surface area contributed by atoms with Crippen LogP contribution in [0.3, 0.4) is 0 Å². The minimum atomic E-state index is -0.266. The van der Waals surface area contributed by atoms with Crippen molar-refractivity contribution in [3.8, 4) is 11.4 Å². The lowest BCUT2D eigenvalue weighted by molar-refractivity contribution is -0.126. The highest BCUT2D eigenvalue weighted by atomic mass is 16.5. The molecule has 2 aromatic heterocycles. The number of aromatic nitrogens is 3. The van der Waals surface area contributed by atoms with E-state index in [1.54, 1.807) is 31.6 Å². The number of pyridine rings is 1. The van der Waals surface area contributed by atoms with Crippen LogP contribution < -0.4 is 10.6 Å². The van der Waals surface area contributed by atoms with Crippen molar-refractivity contribution >= 4 is 11.8 Å². The number of carbonyl (C=O) groups is 2. The summed E-state index contributed by atoms with van der Waals surface area (Å²) in [5.74, 6) is 0.283. The summed E-state index contributed by atoms with van der Waals surface area (Å²) in [5, 5.41) is 9.00. The monoisotopic (exact) mass is 333 g/mol. The molecule has 2 amide bonds. The molecule has 128 valence electrons. The van der Waals surface area contributed by atoms with Gasteiger partial charge in [0.25, 0.3) is 0 Å². The van der Waals surface area contributed by atoms with Gasteiger partial charge in [0, 0.05) is 44.5 Å². The summed E-state index contributed by atoms with van der Waals surface area (Å²) in [4.78, 5) is 31.3. The lowest BCUT2D eigenvalue weighted by atomic mass is 10.2. The van der Waals surface area contributed by atoms with Crippen LogP contribution in [0.4, 0.5) is 0 Å². The van der Waals surface area contributed by atoms with Crippen molar-refractivity contribution in [1.82, 2.24) is 25.8 Å². The topological polar surface area (TPSA) is 119 Å². The van der Waals surface area contributed by atoms with Gasteiger partial charge in [-0.2, -0.15) is 4.98 Å². The van der Waals surface area contributed by atoms with E-state index in [4.69, 9.17) is 9.26 Å². The lowest BCUT2D eigenvalue weighted by Gasteiger charge is -2.05. The summed E-state index contributed by atoms with van der Waals surface area (Å²) in [7, 11) is 1.55. The molecule has 9 nitrogen and oxygen atoms in total. The average Bonchev–Trinajstić information content (AvgIpc) is 3.08. The van der Waals surface area contributed by atoms with Gasteiger partial charge in [-0.25, -0.2) is 0 Å². The van der Waals surface area contributed by atoms with Gasteiger partial charge in [0.2, 0.25) is 23.5 Å². The second-order valence-corrected chi connectivity index (χ2v) is 4.87. The zero-order valence-corrected chi connectivity index (χ0v) is 13.3. The third-order valence-electron chi connectivity index (χ3n) is 3.05. The molecule has 0 saturated carbocycles. The van der Waals surface area contributed by atoms with Crippen LogP contribution >= 0.6 is 0 Å². The van der Waals surface area contributed by atoms with Crippen molar-refractivity contribution in [2.45, 2.75) is 12.8 Å². The highest BCUT2D eigenvalue weighted by Crippen LogP contribution is 2.14. The number of nitrogens with one attached hydrogen (secondary N) is 2. The van der Waals surface area contributed by atoms with Gasteiger partial charge < -0.3 is 19.9 Å². The van der Waals surface area contributed by atoms with Crippen LogP contribution in [-0.4, -0.2) is 53.7 Å². The van der Waals surface area contributed by atoms with Crippen LogP contribution in [0.2, 0.25) is 0 Å². The fourth-order valence-electron chi connectivity index (χ4n) is 1.82. The minimum Gasteiger partial charge on any atom is -0.383 e. The minimum absolute atomic E-state index is 0.0748. The van der Waals surface area contributed by atoms with Crippen molar-refractivity contribution in [2.24, 2.45) is 0 Å². The summed E-state index contributed by atoms with van der Waals surface area (Å²) in [6.45, 7) is 0.760. The molecule has 0 saturated heterocycles. The summed E-state index contributed by atoms with van der Waals surface area (Å²) < 4.78 is 9.92. The van der Waals surface area contributed by atoms with E-state index in [1.807, 2.05) is 0 Å². The van der Waals surface area contributed by atoms with Crippen molar-refractivity contribution in [3.05, 3.63) is 30.4 Å². The number of carbonyl (C=O) groups excluding carboxylic acids is 2. The molecule has 0 radical (unpaired) electrons. The maximum atomic E-state index is 11.7. The molecule has 24 heavy (non-hydrogen) atoms. The molecular weight excluding hydrogens is 314 g/mol. The number of aryl methyl sites for hydroxylation is 1. The van der Waals surface area contributed by atoms with Crippen molar-refractivity contribution < 1.29 is 18.8 Å². The Hall–Kier alpha value is -2.81. The largest absolute Gasteiger partial charge is 0.383 e. The molecule has 2 heterocycles. The van der Waals surface area contributed by atoms with E-state index >= 15 is 0 Å². The number of rotatable bonds is 9. The molecule has 0 unspecified atom stereocenters. The van der Waals surface area contributed by atoms with Crippen LogP contribution in [0.15, 0.2) is 29.0 Å². The Morgan fingerprint density at radius 1 is 1.21 bits per heavy atom. The molecule has 2 rings (SSSR count). The molecule has 0 bridgehead atoms. The number of hydrogen-bond acceptors (Lipinski definition) is 7. The first-order valence-corrected chi connectivity index (χ1v) is 7.44. The lowest BCUT2D eigenvalue weighted by Crippen LogP contribution is -2.38. The second kappa shape index (κ2) is 9.36. The molecule has 0 fully saturated rings. The number of ether oxygens (including phenoxy) is 1. The average molecular weight is 333 g/mol. The zero-order valence-electron chi connectivity index (χ0n) is 13.3. The molecule has 9 heteroatoms. The van der Waals surface area contributed by atoms with Gasteiger partial charge in [-0.1, -0.05) is 5.16 Å². The van der Waals surface area contributed by atoms with Gasteiger partial charge in [-0.05, 0) is 12.1 Å². The van der Waals surface area contributed by atoms with E-state index in [2.05, 4.69) is 25.8 Å². The van der Waals surface area contributed by atoms with Crippen LogP contribution in [0.1, 0.15) is 12.3 Å². The molecule has 2 aromatic rings. The van der Waals surface area contributed by atoms with Crippen LogP contribution in [0.25, 0.3) is 11.4 Å². The standard InChI is InChI=1S/C15H19N5O4/c1-23-9-8-17-13(22)10-18-12(21)2-3-14-19-15(20-24-14)11-4-6-16-7-5-11/h4-7H,2-3,8-10H2,1H3,(H,17,22)(H,18,21). The predicted octanol–water partition coefficient (Wildman–Crippen LogP) is -0.0570. The fourth-order valence-corrected chi connectivity index (χ4v) is 1.82. The van der Waals surface area contributed by atoms with Crippen molar-refractivity contribution in [3.63, 3.8) is 0 Å². The number of amides is 2. The van der Waals surface area contributed by atoms with Gasteiger partial charge in [-0.3, -0.25) is 14.6 Å². The maximum absolute atomic E-state index is 11.7. The van der Waals surface area contributed by atoms with Crippen LogP contribution in [0, 0.1) is 0 Å². The molecule has 0 aliphatic heterocycles. The Balaban J connectivity index is 1.71. The zero-order chi connectivity index (χ0) is 17.2. The van der Waals surface area contributed by atoms with Gasteiger partial charge in [0.1, 0.15) is 0 Å². The Kier molecular flexibility index (Phi) is 6.84. The quantitative estimate of drug-likeness (QED) is 0.617. The first kappa shape index (κ1) is 17.5. The summed E-state index contributed by atoms with van der Waals surface area (Å²) in [6, 6.07) is 3.53. The Morgan fingerprint density at radius 3 is 2.75 bits per heavy atom. The van der Waals surface area contributed by atoms with E-state index in [1.165, 1.54) is 0 Å². The molecule has 0 atom stereocenters. The summed E-state index contributed by atoms with van der Waals surface area (Å²) >= 11 is 0. The number of nitrogens with zero attached hydrogens (tertiary/aromatic N) is 3. The van der Waals surface area contributed by atoms with Crippen molar-refractivity contribution in [2.75, 3.05) is 26.8 Å². The second-order valence-electron chi connectivity index (χ2n) is 4.87. The highest BCUT2D eigenvalue weighted by molar-refractivity contribution is 5.84. The third-order valence-corrected chi connectivity index (χ3v) is 3.05. The first-order valence-electron chi connectivity index (χ1n) is 7.44. The predicted molar refractivity (Wildman–Crippen MR) is 83.7 cm³/mol. The Morgan fingerprint density at radius 2 is 2.00 bits per heavy atom. The fraction of sp³-hybridized carbons (Fsp3) is 0.400. The molecule has 2 N–H and O–H groups in total. The SMILES string of the molecule is COCCNC(=O)CNC(=O)CCc1nc(-c2ccncc2)no1. The summed E-state index contributed by atoms with van der Waals surface area (Å²) in [5.41, 5.74) is 0.789. The Labute approximate surface area is 138 Å². The van der Waals surface area contributed by atoms with Gasteiger partial charge in [0.05, 0.1) is 13.2 Å². The normalized spacial score (nSPS) is 10.4. The third kappa shape index (κ3) is 5.76. The summed E-state index contributed by atoms with van der Waals surface area (Å²) in [6.07, 6.45) is 3.73. The Bertz CT molecular complexity index is 659. The van der Waals surface area contributed by atoms with Gasteiger partial charge in [-0.15, -0.1) is 0 Å². The van der Waals surface area contributed by atoms with Gasteiger partial charge >= 0.3 is 0 Å². The van der Waals surface area contributed by atoms with Crippen molar-refractivity contribution in [1.29, 1.82) is 0 Å². The van der Waals surface area contributed by atoms with E-state index in [9.17, 15) is 9.59 Å². The highest BCUT2D eigenvalue weighted by Gasteiger charge is 2.11. The van der Waals surface area contributed by atoms with E-state index in [0.29, 0.717) is 31.3 Å². The number of methoxy groups -OCH3 is 1. The van der Waals surface area contributed by atoms with Crippen LogP contribution in [0.5, 0.6) is 0 Å².